The highest BCUT2D eigenvalue weighted by molar-refractivity contribution is 5.92. The first-order valence-electron chi connectivity index (χ1n) is 26.8. The zero-order chi connectivity index (χ0) is 55.2. The average Bonchev–Trinajstić information content (AvgIpc) is 3.33. The van der Waals surface area contributed by atoms with Crippen LogP contribution in [0.25, 0.3) is 10.9 Å². The number of aliphatic hydroxyl groups is 4. The van der Waals surface area contributed by atoms with E-state index in [0.29, 0.717) is 49.9 Å². The number of carboxylic acids is 1. The van der Waals surface area contributed by atoms with Gasteiger partial charge in [0, 0.05) is 62.8 Å². The van der Waals surface area contributed by atoms with E-state index in [2.05, 4.69) is 0 Å². The van der Waals surface area contributed by atoms with Crippen molar-refractivity contribution in [3.63, 3.8) is 0 Å². The molecule has 0 spiro atoms. The van der Waals surface area contributed by atoms with Crippen LogP contribution in [0.15, 0.2) is 29.2 Å². The van der Waals surface area contributed by atoms with Crippen LogP contribution in [0.1, 0.15) is 124 Å². The Bertz CT molecular complexity index is 2210. The fourth-order valence-corrected chi connectivity index (χ4v) is 11.8. The first kappa shape index (κ1) is 61.7. The summed E-state index contributed by atoms with van der Waals surface area (Å²) < 4.78 is 53.2. The maximum atomic E-state index is 14.6. The Hall–Kier alpha value is -3.15. The number of fused-ring (bicyclic) bond motifs is 1. The minimum absolute atomic E-state index is 0.168. The topological polar surface area (TPSA) is 238 Å². The first-order valence-corrected chi connectivity index (χ1v) is 26.8. The van der Waals surface area contributed by atoms with Gasteiger partial charge in [0.25, 0.3) is 0 Å². The largest absolute Gasteiger partial charge is 0.477 e. The van der Waals surface area contributed by atoms with Gasteiger partial charge in [-0.05, 0) is 132 Å². The first-order chi connectivity index (χ1) is 34.6. The number of pyridine rings is 1. The normalized spacial score (nSPS) is 38.4. The summed E-state index contributed by atoms with van der Waals surface area (Å²) >= 11 is 0. The van der Waals surface area contributed by atoms with Crippen molar-refractivity contribution in [1.29, 1.82) is 0 Å². The molecule has 1 aromatic heterocycles. The Morgan fingerprint density at radius 3 is 2.24 bits per heavy atom. The van der Waals surface area contributed by atoms with Gasteiger partial charge in [0.05, 0.1) is 60.3 Å². The van der Waals surface area contributed by atoms with Crippen LogP contribution in [-0.2, 0) is 55.7 Å². The van der Waals surface area contributed by atoms with Crippen LogP contribution in [0.3, 0.4) is 0 Å². The van der Waals surface area contributed by atoms with Gasteiger partial charge >= 0.3 is 11.9 Å². The summed E-state index contributed by atoms with van der Waals surface area (Å²) in [5.41, 5.74) is -3.59. The molecule has 74 heavy (non-hydrogen) atoms. The number of aliphatic hydroxyl groups excluding tert-OH is 2. The number of esters is 1. The molecule has 3 saturated heterocycles. The molecule has 18 atom stereocenters. The predicted octanol–water partition coefficient (Wildman–Crippen LogP) is 4.61. The molecular formula is C55H91N3O16. The molecule has 0 radical (unpaired) electrons. The van der Waals surface area contributed by atoms with Crippen LogP contribution in [0.2, 0.25) is 0 Å². The number of methoxy groups -OCH3 is 1. The van der Waals surface area contributed by atoms with Crippen LogP contribution in [0, 0.1) is 17.8 Å². The number of nitrogens with zero attached hydrogens (tertiary/aromatic N) is 3. The number of carboxylic acid groups (broad SMARTS) is 1. The lowest BCUT2D eigenvalue weighted by atomic mass is 9.77. The Morgan fingerprint density at radius 1 is 0.932 bits per heavy atom. The second-order valence-corrected chi connectivity index (χ2v) is 22.5. The highest BCUT2D eigenvalue weighted by Crippen LogP contribution is 2.41. The molecule has 2 aromatic rings. The number of carbonyl (C=O) groups is 2. The maximum absolute atomic E-state index is 14.6. The Morgan fingerprint density at radius 2 is 1.62 bits per heavy atom. The van der Waals surface area contributed by atoms with Gasteiger partial charge in [-0.3, -0.25) is 9.59 Å². The molecule has 4 heterocycles. The molecule has 0 unspecified atom stereocenters. The van der Waals surface area contributed by atoms with E-state index < -0.39 is 107 Å². The van der Waals surface area contributed by atoms with Crippen molar-refractivity contribution in [1.82, 2.24) is 14.4 Å². The lowest BCUT2D eigenvalue weighted by Gasteiger charge is -2.49. The van der Waals surface area contributed by atoms with E-state index in [1.807, 2.05) is 84.6 Å². The minimum Gasteiger partial charge on any atom is -0.477 e. The Balaban J connectivity index is 1.35. The fourth-order valence-electron chi connectivity index (χ4n) is 11.8. The highest BCUT2D eigenvalue weighted by atomic mass is 16.7. The molecule has 19 heteroatoms. The molecule has 422 valence electrons. The zero-order valence-electron chi connectivity index (χ0n) is 46.8. The summed E-state index contributed by atoms with van der Waals surface area (Å²) in [5.74, 6) is -3.98. The van der Waals surface area contributed by atoms with Crippen LogP contribution in [0.4, 0.5) is 0 Å². The molecule has 0 aliphatic carbocycles. The van der Waals surface area contributed by atoms with Crippen LogP contribution >= 0.6 is 0 Å². The van der Waals surface area contributed by atoms with Gasteiger partial charge in [0.1, 0.15) is 35.6 Å². The van der Waals surface area contributed by atoms with E-state index in [4.69, 9.17) is 37.9 Å². The molecule has 0 bridgehead atoms. The van der Waals surface area contributed by atoms with Crippen molar-refractivity contribution >= 4 is 22.8 Å². The summed E-state index contributed by atoms with van der Waals surface area (Å²) in [5, 5.41) is 58.1. The van der Waals surface area contributed by atoms with E-state index in [1.54, 1.807) is 45.4 Å². The van der Waals surface area contributed by atoms with Crippen molar-refractivity contribution in [3.05, 3.63) is 45.7 Å². The number of aromatic nitrogens is 1. The lowest BCUT2D eigenvalue weighted by molar-refractivity contribution is -0.321. The van der Waals surface area contributed by atoms with Crippen LogP contribution in [0.5, 0.6) is 0 Å². The van der Waals surface area contributed by atoms with E-state index in [-0.39, 0.29) is 56.1 Å². The van der Waals surface area contributed by atoms with Gasteiger partial charge in [-0.15, -0.1) is 0 Å². The second-order valence-electron chi connectivity index (χ2n) is 22.5. The standard InChI is InChI=1S/C55H91N3O16/c1-16-42-55(11,66)47(61)35(7)57(14)29-31(3)27-53(9,65)48(74-52-45(60)41(56(12)13)25-32(4)70-52)33(5)46(34(6)51(64)72-42)73-43-28-54(10,67-15)49(36(8)71-43)69-24-23-68-22-18-19-37-20-21-40-38(26-37)44(59)39(50(62)63)30-58(40)17-2/h20-21,26,30-36,41-43,45-49,52,60-61,65-66H,16-19,22-25,27-29H2,1-15H3,(H,62,63)/t31-,32-,33+,34-,35-,36+,41+,42-,43+,45-,46+,47-,48-,49+,52+,53-,54-,55-/m1/s1. The van der Waals surface area contributed by atoms with E-state index in [1.165, 1.54) is 13.1 Å². The van der Waals surface area contributed by atoms with Gasteiger partial charge in [0.2, 0.25) is 5.43 Å². The van der Waals surface area contributed by atoms with Gasteiger partial charge in [-0.2, -0.15) is 0 Å². The number of rotatable bonds is 17. The van der Waals surface area contributed by atoms with Gasteiger partial charge in [-0.25, -0.2) is 4.79 Å². The molecule has 3 aliphatic rings. The molecular weight excluding hydrogens is 959 g/mol. The van der Waals surface area contributed by atoms with Crippen molar-refractivity contribution < 1.29 is 73.0 Å². The van der Waals surface area contributed by atoms with Gasteiger partial charge < -0.3 is 77.8 Å². The van der Waals surface area contributed by atoms with Crippen LogP contribution in [-0.4, -0.2) is 197 Å². The quantitative estimate of drug-likeness (QED) is 0.107. The molecule has 0 saturated carbocycles. The molecule has 3 fully saturated rings. The van der Waals surface area contributed by atoms with Crippen molar-refractivity contribution in [2.24, 2.45) is 17.8 Å². The number of carbonyl (C=O) groups excluding carboxylic acids is 1. The summed E-state index contributed by atoms with van der Waals surface area (Å²) in [6.45, 7) is 21.6. The predicted molar refractivity (Wildman–Crippen MR) is 278 cm³/mol. The Labute approximate surface area is 438 Å². The molecule has 5 rings (SSSR count). The second kappa shape index (κ2) is 26.0. The number of ether oxygens (including phenoxy) is 8. The summed E-state index contributed by atoms with van der Waals surface area (Å²) in [4.78, 5) is 43.2. The average molecular weight is 1050 g/mol. The maximum Gasteiger partial charge on any atom is 0.341 e. The third-order valence-corrected chi connectivity index (χ3v) is 16.2. The number of cyclic esters (lactones) is 1. The molecule has 1 aromatic carbocycles. The number of hydrogen-bond donors (Lipinski definition) is 5. The van der Waals surface area contributed by atoms with Crippen molar-refractivity contribution in [2.45, 2.75) is 212 Å². The number of benzene rings is 1. The highest BCUT2D eigenvalue weighted by Gasteiger charge is 2.53. The molecule has 5 N–H and O–H groups in total. The number of likely N-dealkylation sites (N-methyl/N-ethyl adjacent to an activating group) is 2. The van der Waals surface area contributed by atoms with Crippen molar-refractivity contribution in [3.8, 4) is 0 Å². The SMILES string of the molecule is CC[C@H]1OC(=O)[C@H](C)[C@@H](O[C@H]2C[C@@](C)(OC)[C@@H](OCCOCCCc3ccc4c(c3)c(=O)c(C(=O)O)cn4CC)[C@H](C)O2)[C@H](C)[C@@H](O[C@@H]2O[C@H](C)C[C@H](N(C)C)[C@H]2O)[C@](C)(O)C[C@@H](C)CN(C)[C@H](C)[C@@H](O)[C@]1(C)O. The minimum atomic E-state index is -1.84. The van der Waals surface area contributed by atoms with E-state index in [9.17, 15) is 39.9 Å². The molecule has 3 aliphatic heterocycles. The smallest absolute Gasteiger partial charge is 0.341 e. The third-order valence-electron chi connectivity index (χ3n) is 16.2. The number of aryl methyl sites for hydroxylation is 2. The Kier molecular flexibility index (Phi) is 21.7. The molecule has 0 amide bonds. The number of hydrogen-bond acceptors (Lipinski definition) is 17. The zero-order valence-corrected chi connectivity index (χ0v) is 46.8. The fraction of sp³-hybridized carbons (Fsp3) is 0.800. The third kappa shape index (κ3) is 14.3. The summed E-state index contributed by atoms with van der Waals surface area (Å²) in [6, 6.07) is 4.68. The van der Waals surface area contributed by atoms with E-state index >= 15 is 0 Å². The molecule has 19 nitrogen and oxygen atoms in total. The van der Waals surface area contributed by atoms with Crippen molar-refractivity contribution in [2.75, 3.05) is 54.6 Å². The summed E-state index contributed by atoms with van der Waals surface area (Å²) in [6.07, 6.45) is -5.42. The van der Waals surface area contributed by atoms with Gasteiger partial charge in [0.15, 0.2) is 12.6 Å². The monoisotopic (exact) mass is 1050 g/mol. The van der Waals surface area contributed by atoms with E-state index in [0.717, 1.165) is 5.56 Å². The number of aromatic carboxylic acids is 1. The lowest BCUT2D eigenvalue weighted by Crippen LogP contribution is -2.61. The van der Waals surface area contributed by atoms with Gasteiger partial charge in [-0.1, -0.05) is 26.8 Å². The summed E-state index contributed by atoms with van der Waals surface area (Å²) in [7, 11) is 7.20. The van der Waals surface area contributed by atoms with Crippen LogP contribution < -0.4 is 5.43 Å².